The largest absolute Gasteiger partial charge is 0.508 e. The molecular weight excluding hydrogens is 238 g/mol. The van der Waals surface area contributed by atoms with Crippen LogP contribution in [0, 0.1) is 5.41 Å². The van der Waals surface area contributed by atoms with Crippen LogP contribution >= 0.6 is 12.4 Å². The SMILES string of the molecule is CC(C)(C)[C@@H](N)C[C@H](O)c1ccccc1O.Cl. The van der Waals surface area contributed by atoms with Crippen LogP contribution in [-0.2, 0) is 0 Å². The summed E-state index contributed by atoms with van der Waals surface area (Å²) in [5, 5.41) is 19.6. The van der Waals surface area contributed by atoms with Gasteiger partial charge in [0.05, 0.1) is 6.10 Å². The van der Waals surface area contributed by atoms with Crippen LogP contribution in [0.5, 0.6) is 5.75 Å². The first-order chi connectivity index (χ1) is 7.32. The van der Waals surface area contributed by atoms with E-state index in [-0.39, 0.29) is 29.6 Å². The molecule has 0 saturated heterocycles. The van der Waals surface area contributed by atoms with Gasteiger partial charge in [-0.2, -0.15) is 0 Å². The highest BCUT2D eigenvalue weighted by Gasteiger charge is 2.24. The zero-order chi connectivity index (χ0) is 12.3. The van der Waals surface area contributed by atoms with Gasteiger partial charge in [-0.25, -0.2) is 0 Å². The second-order valence-corrected chi connectivity index (χ2v) is 5.28. The number of aromatic hydroxyl groups is 1. The van der Waals surface area contributed by atoms with E-state index in [1.165, 1.54) is 0 Å². The van der Waals surface area contributed by atoms with Crippen LogP contribution in [0.2, 0.25) is 0 Å². The molecule has 0 unspecified atom stereocenters. The predicted molar refractivity (Wildman–Crippen MR) is 72.4 cm³/mol. The van der Waals surface area contributed by atoms with E-state index in [1.54, 1.807) is 24.3 Å². The monoisotopic (exact) mass is 259 g/mol. The minimum Gasteiger partial charge on any atom is -0.508 e. The summed E-state index contributed by atoms with van der Waals surface area (Å²) in [6.45, 7) is 6.11. The van der Waals surface area contributed by atoms with E-state index in [1.807, 2.05) is 20.8 Å². The van der Waals surface area contributed by atoms with Crippen LogP contribution in [0.15, 0.2) is 24.3 Å². The summed E-state index contributed by atoms with van der Waals surface area (Å²) < 4.78 is 0. The molecule has 98 valence electrons. The third-order valence-electron chi connectivity index (χ3n) is 2.89. The first-order valence-corrected chi connectivity index (χ1v) is 5.54. The second kappa shape index (κ2) is 6.24. The number of nitrogens with two attached hydrogens (primary N) is 1. The molecule has 0 heterocycles. The fraction of sp³-hybridized carbons (Fsp3) is 0.538. The maximum atomic E-state index is 10.00. The molecule has 4 heteroatoms. The molecule has 0 spiro atoms. The van der Waals surface area contributed by atoms with Gasteiger partial charge in [-0.1, -0.05) is 39.0 Å². The van der Waals surface area contributed by atoms with Gasteiger partial charge in [0.25, 0.3) is 0 Å². The number of hydrogen-bond acceptors (Lipinski definition) is 3. The van der Waals surface area contributed by atoms with Crippen molar-refractivity contribution in [2.24, 2.45) is 11.1 Å². The van der Waals surface area contributed by atoms with E-state index in [2.05, 4.69) is 0 Å². The summed E-state index contributed by atoms with van der Waals surface area (Å²) >= 11 is 0. The highest BCUT2D eigenvalue weighted by atomic mass is 35.5. The van der Waals surface area contributed by atoms with Gasteiger partial charge in [-0.3, -0.25) is 0 Å². The minimum absolute atomic E-state index is 0. The van der Waals surface area contributed by atoms with E-state index in [0.717, 1.165) is 0 Å². The van der Waals surface area contributed by atoms with Crippen molar-refractivity contribution in [2.75, 3.05) is 0 Å². The Balaban J connectivity index is 0.00000256. The molecule has 0 aliphatic heterocycles. The summed E-state index contributed by atoms with van der Waals surface area (Å²) in [7, 11) is 0. The average molecular weight is 260 g/mol. The van der Waals surface area contributed by atoms with Crippen molar-refractivity contribution in [1.29, 1.82) is 0 Å². The van der Waals surface area contributed by atoms with Gasteiger partial charge in [-0.05, 0) is 17.9 Å². The summed E-state index contributed by atoms with van der Waals surface area (Å²) in [6.07, 6.45) is -0.267. The molecule has 0 saturated carbocycles. The van der Waals surface area contributed by atoms with Crippen molar-refractivity contribution < 1.29 is 10.2 Å². The molecule has 3 nitrogen and oxygen atoms in total. The quantitative estimate of drug-likeness (QED) is 0.782. The van der Waals surface area contributed by atoms with Crippen LogP contribution < -0.4 is 5.73 Å². The lowest BCUT2D eigenvalue weighted by molar-refractivity contribution is 0.131. The lowest BCUT2D eigenvalue weighted by atomic mass is 9.83. The van der Waals surface area contributed by atoms with E-state index < -0.39 is 6.10 Å². The maximum Gasteiger partial charge on any atom is 0.121 e. The van der Waals surface area contributed by atoms with E-state index in [4.69, 9.17) is 5.73 Å². The normalized spacial score (nSPS) is 14.9. The highest BCUT2D eigenvalue weighted by molar-refractivity contribution is 5.85. The standard InChI is InChI=1S/C13H21NO2.ClH/c1-13(2,3)12(14)8-11(16)9-6-4-5-7-10(9)15;/h4-7,11-12,15-16H,8,14H2,1-3H3;1H/t11-,12-;/m0./s1. The van der Waals surface area contributed by atoms with Crippen molar-refractivity contribution in [3.05, 3.63) is 29.8 Å². The maximum absolute atomic E-state index is 10.00. The van der Waals surface area contributed by atoms with Gasteiger partial charge < -0.3 is 15.9 Å². The lowest BCUT2D eigenvalue weighted by Gasteiger charge is -2.29. The van der Waals surface area contributed by atoms with Crippen molar-refractivity contribution in [2.45, 2.75) is 39.3 Å². The van der Waals surface area contributed by atoms with Crippen molar-refractivity contribution in [3.63, 3.8) is 0 Å². The topological polar surface area (TPSA) is 66.5 Å². The Morgan fingerprint density at radius 1 is 1.24 bits per heavy atom. The summed E-state index contributed by atoms with van der Waals surface area (Å²) in [5.41, 5.74) is 6.49. The molecule has 1 aromatic carbocycles. The number of phenols is 1. The van der Waals surface area contributed by atoms with Crippen LogP contribution in [-0.4, -0.2) is 16.3 Å². The Morgan fingerprint density at radius 3 is 2.24 bits per heavy atom. The first kappa shape index (κ1) is 16.2. The lowest BCUT2D eigenvalue weighted by Crippen LogP contribution is -2.36. The third kappa shape index (κ3) is 4.54. The number of rotatable bonds is 3. The third-order valence-corrected chi connectivity index (χ3v) is 2.89. The summed E-state index contributed by atoms with van der Waals surface area (Å²) in [4.78, 5) is 0. The second-order valence-electron chi connectivity index (χ2n) is 5.28. The molecular formula is C13H22ClNO2. The zero-order valence-corrected chi connectivity index (χ0v) is 11.4. The molecule has 0 aliphatic rings. The smallest absolute Gasteiger partial charge is 0.121 e. The van der Waals surface area contributed by atoms with Gasteiger partial charge in [0.15, 0.2) is 0 Å². The molecule has 0 aromatic heterocycles. The van der Waals surface area contributed by atoms with Gasteiger partial charge in [-0.15, -0.1) is 12.4 Å². The zero-order valence-electron chi connectivity index (χ0n) is 10.6. The number of hydrogen-bond donors (Lipinski definition) is 3. The number of para-hydroxylation sites is 1. The Bertz CT molecular complexity index is 350. The highest BCUT2D eigenvalue weighted by Crippen LogP contribution is 2.30. The summed E-state index contributed by atoms with van der Waals surface area (Å²) in [6, 6.07) is 6.70. The molecule has 0 aliphatic carbocycles. The molecule has 0 amide bonds. The molecule has 0 radical (unpaired) electrons. The van der Waals surface area contributed by atoms with Crippen LogP contribution in [0.25, 0.3) is 0 Å². The molecule has 4 N–H and O–H groups in total. The van der Waals surface area contributed by atoms with Gasteiger partial charge in [0, 0.05) is 11.6 Å². The molecule has 0 bridgehead atoms. The van der Waals surface area contributed by atoms with Crippen LogP contribution in [0.4, 0.5) is 0 Å². The fourth-order valence-corrected chi connectivity index (χ4v) is 1.49. The number of halogens is 1. The van der Waals surface area contributed by atoms with Crippen LogP contribution in [0.1, 0.15) is 38.9 Å². The van der Waals surface area contributed by atoms with Gasteiger partial charge >= 0.3 is 0 Å². The van der Waals surface area contributed by atoms with Crippen LogP contribution in [0.3, 0.4) is 0 Å². The van der Waals surface area contributed by atoms with E-state index >= 15 is 0 Å². The average Bonchev–Trinajstić information content (AvgIpc) is 2.16. The van der Waals surface area contributed by atoms with E-state index in [9.17, 15) is 10.2 Å². The number of phenolic OH excluding ortho intramolecular Hbond substituents is 1. The first-order valence-electron chi connectivity index (χ1n) is 5.54. The fourth-order valence-electron chi connectivity index (χ4n) is 1.49. The summed E-state index contributed by atoms with van der Waals surface area (Å²) in [5.74, 6) is 0.121. The molecule has 1 rings (SSSR count). The Kier molecular flexibility index (Phi) is 5.96. The molecule has 2 atom stereocenters. The van der Waals surface area contributed by atoms with Crippen molar-refractivity contribution in [3.8, 4) is 5.75 Å². The van der Waals surface area contributed by atoms with Crippen molar-refractivity contribution >= 4 is 12.4 Å². The van der Waals surface area contributed by atoms with Gasteiger partial charge in [0.2, 0.25) is 0 Å². The van der Waals surface area contributed by atoms with E-state index in [0.29, 0.717) is 12.0 Å². The Morgan fingerprint density at radius 2 is 1.76 bits per heavy atom. The number of aliphatic hydroxyl groups is 1. The minimum atomic E-state index is -0.713. The molecule has 17 heavy (non-hydrogen) atoms. The van der Waals surface area contributed by atoms with Crippen molar-refractivity contribution in [1.82, 2.24) is 0 Å². The van der Waals surface area contributed by atoms with Gasteiger partial charge in [0.1, 0.15) is 5.75 Å². The number of benzene rings is 1. The number of aliphatic hydroxyl groups excluding tert-OH is 1. The molecule has 0 fully saturated rings. The Labute approximate surface area is 109 Å². The Hall–Kier alpha value is -0.770. The molecule has 1 aromatic rings. The predicted octanol–water partition coefficient (Wildman–Crippen LogP) is 2.61.